The summed E-state index contributed by atoms with van der Waals surface area (Å²) in [5, 5.41) is 11.0. The van der Waals surface area contributed by atoms with Gasteiger partial charge in [-0.15, -0.1) is 10.2 Å². The second kappa shape index (κ2) is 7.19. The van der Waals surface area contributed by atoms with Crippen molar-refractivity contribution in [1.82, 2.24) is 24.8 Å². The van der Waals surface area contributed by atoms with Gasteiger partial charge in [-0.2, -0.15) is 0 Å². The lowest BCUT2D eigenvalue weighted by atomic mass is 9.98. The number of para-hydroxylation sites is 1. The molecule has 9 nitrogen and oxygen atoms in total. The molecule has 2 aliphatic rings. The first-order valence-corrected chi connectivity index (χ1v) is 10.3. The zero-order chi connectivity index (χ0) is 21.6. The molecular weight excluding hydrogens is 396 g/mol. The van der Waals surface area contributed by atoms with Gasteiger partial charge >= 0.3 is 0 Å². The summed E-state index contributed by atoms with van der Waals surface area (Å²) in [6.45, 7) is 2.36. The van der Waals surface area contributed by atoms with E-state index in [1.807, 2.05) is 47.9 Å². The van der Waals surface area contributed by atoms with E-state index in [1.165, 1.54) is 0 Å². The van der Waals surface area contributed by atoms with E-state index < -0.39 is 5.66 Å². The first-order valence-electron chi connectivity index (χ1n) is 10.3. The molecule has 0 saturated carbocycles. The van der Waals surface area contributed by atoms with E-state index in [-0.39, 0.29) is 37.2 Å². The van der Waals surface area contributed by atoms with Gasteiger partial charge in [0, 0.05) is 25.6 Å². The van der Waals surface area contributed by atoms with Gasteiger partial charge < -0.3 is 10.2 Å². The Hall–Kier alpha value is -3.75. The minimum atomic E-state index is -0.758. The van der Waals surface area contributed by atoms with Crippen LogP contribution in [0.25, 0.3) is 5.65 Å². The topological polar surface area (TPSA) is 99.9 Å². The largest absolute Gasteiger partial charge is 0.349 e. The van der Waals surface area contributed by atoms with Crippen LogP contribution in [0.4, 0.5) is 5.69 Å². The van der Waals surface area contributed by atoms with Crippen LogP contribution >= 0.6 is 0 Å². The fraction of sp³-hybridized carbons (Fsp3) is 0.318. The molecule has 1 N–H and O–H groups in total. The lowest BCUT2D eigenvalue weighted by Gasteiger charge is -2.48. The van der Waals surface area contributed by atoms with E-state index in [0.29, 0.717) is 35.6 Å². The van der Waals surface area contributed by atoms with Gasteiger partial charge in [0.25, 0.3) is 5.91 Å². The van der Waals surface area contributed by atoms with Gasteiger partial charge in [-0.1, -0.05) is 18.2 Å². The smallest absolute Gasteiger partial charge is 0.257 e. The lowest BCUT2D eigenvalue weighted by molar-refractivity contribution is -0.121. The number of nitrogens with zero attached hydrogens (tertiary/aromatic N) is 5. The molecule has 0 aliphatic carbocycles. The third-order valence-corrected chi connectivity index (χ3v) is 6.14. The van der Waals surface area contributed by atoms with E-state index >= 15 is 0 Å². The molecule has 4 heterocycles. The minimum absolute atomic E-state index is 0.00409. The molecule has 0 bridgehead atoms. The highest BCUT2D eigenvalue weighted by molar-refractivity contribution is 6.10. The van der Waals surface area contributed by atoms with Crippen molar-refractivity contribution in [3.63, 3.8) is 0 Å². The van der Waals surface area contributed by atoms with Gasteiger partial charge in [-0.25, -0.2) is 0 Å². The Morgan fingerprint density at radius 1 is 1.13 bits per heavy atom. The minimum Gasteiger partial charge on any atom is -0.349 e. The number of anilines is 1. The molecule has 5 rings (SSSR count). The summed E-state index contributed by atoms with van der Waals surface area (Å²) in [6.07, 6.45) is 2.88. The summed E-state index contributed by atoms with van der Waals surface area (Å²) in [5.74, 6) is 0.279. The lowest BCUT2D eigenvalue weighted by Crippen LogP contribution is -2.62. The fourth-order valence-corrected chi connectivity index (χ4v) is 4.53. The Morgan fingerprint density at radius 3 is 2.81 bits per heavy atom. The van der Waals surface area contributed by atoms with E-state index in [4.69, 9.17) is 0 Å². The van der Waals surface area contributed by atoms with Crippen LogP contribution in [0.15, 0.2) is 48.7 Å². The number of amides is 3. The van der Waals surface area contributed by atoms with E-state index in [1.54, 1.807) is 21.9 Å². The van der Waals surface area contributed by atoms with E-state index in [2.05, 4.69) is 15.5 Å². The number of fused-ring (bicyclic) bond motifs is 4. The molecule has 0 spiro atoms. The average Bonchev–Trinajstić information content (AvgIpc) is 3.33. The highest BCUT2D eigenvalue weighted by Gasteiger charge is 2.52. The van der Waals surface area contributed by atoms with Crippen molar-refractivity contribution >= 4 is 29.1 Å². The Morgan fingerprint density at radius 2 is 1.94 bits per heavy atom. The Bertz CT molecular complexity index is 1200. The first-order chi connectivity index (χ1) is 15.0. The molecule has 3 aromatic rings. The normalized spacial score (nSPS) is 20.2. The van der Waals surface area contributed by atoms with Gasteiger partial charge in [0.05, 0.1) is 17.8 Å². The van der Waals surface area contributed by atoms with Crippen LogP contribution in [0.5, 0.6) is 0 Å². The van der Waals surface area contributed by atoms with Crippen molar-refractivity contribution in [3.05, 3.63) is 60.0 Å². The zero-order valence-corrected chi connectivity index (χ0v) is 17.1. The van der Waals surface area contributed by atoms with Crippen LogP contribution in [-0.4, -0.2) is 49.4 Å². The number of aromatic nitrogens is 3. The predicted molar refractivity (Wildman–Crippen MR) is 112 cm³/mol. The van der Waals surface area contributed by atoms with Crippen LogP contribution in [0, 0.1) is 0 Å². The van der Waals surface area contributed by atoms with Crippen LogP contribution in [0.3, 0.4) is 0 Å². The fourth-order valence-electron chi connectivity index (χ4n) is 4.53. The van der Waals surface area contributed by atoms with Crippen molar-refractivity contribution in [3.8, 4) is 0 Å². The van der Waals surface area contributed by atoms with Gasteiger partial charge in [0.2, 0.25) is 11.8 Å². The molecule has 1 fully saturated rings. The third-order valence-electron chi connectivity index (χ3n) is 6.14. The maximum Gasteiger partial charge on any atom is 0.257 e. The molecule has 1 aromatic carbocycles. The maximum absolute atomic E-state index is 13.2. The monoisotopic (exact) mass is 418 g/mol. The number of hydrogen-bond acceptors (Lipinski definition) is 5. The predicted octanol–water partition coefficient (Wildman–Crippen LogP) is 1.73. The van der Waals surface area contributed by atoms with Crippen molar-refractivity contribution in [1.29, 1.82) is 0 Å². The zero-order valence-electron chi connectivity index (χ0n) is 17.1. The van der Waals surface area contributed by atoms with Crippen LogP contribution in [0.2, 0.25) is 0 Å². The number of nitrogens with one attached hydrogen (secondary N) is 1. The van der Waals surface area contributed by atoms with Crippen LogP contribution in [-0.2, 0) is 16.1 Å². The molecule has 31 heavy (non-hydrogen) atoms. The molecule has 2 aliphatic heterocycles. The van der Waals surface area contributed by atoms with Gasteiger partial charge in [0.1, 0.15) is 5.66 Å². The quantitative estimate of drug-likeness (QED) is 0.680. The second-order valence-electron chi connectivity index (χ2n) is 7.99. The van der Waals surface area contributed by atoms with Crippen LogP contribution in [0.1, 0.15) is 42.4 Å². The summed E-state index contributed by atoms with van der Waals surface area (Å²) in [4.78, 5) is 41.7. The molecule has 158 valence electrons. The number of carbonyl (C=O) groups is 3. The number of pyridine rings is 1. The van der Waals surface area contributed by atoms with Crippen molar-refractivity contribution in [2.24, 2.45) is 0 Å². The summed E-state index contributed by atoms with van der Waals surface area (Å²) in [5.41, 5.74) is 1.09. The second-order valence-corrected chi connectivity index (χ2v) is 7.99. The van der Waals surface area contributed by atoms with Gasteiger partial charge in [-0.05, 0) is 37.6 Å². The summed E-state index contributed by atoms with van der Waals surface area (Å²) < 4.78 is 1.81. The molecular formula is C22H22N6O3. The van der Waals surface area contributed by atoms with E-state index in [0.717, 1.165) is 0 Å². The molecule has 9 heteroatoms. The number of rotatable bonds is 5. The standard InChI is InChI=1S/C22H22N6O3/c1-22-11-9-20(30)28(22)16-7-3-2-6-15(16)21(31)27(22)13-10-19(29)23-14-18-25-24-17-8-4-5-12-26(17)18/h2-8,12H,9-11,13-14H2,1H3,(H,23,29)/t22-/m0/s1. The molecule has 0 radical (unpaired) electrons. The summed E-state index contributed by atoms with van der Waals surface area (Å²) >= 11 is 0. The number of carbonyl (C=O) groups excluding carboxylic acids is 3. The van der Waals surface area contributed by atoms with Crippen molar-refractivity contribution in [2.75, 3.05) is 11.4 Å². The van der Waals surface area contributed by atoms with Crippen LogP contribution < -0.4 is 10.2 Å². The van der Waals surface area contributed by atoms with Crippen molar-refractivity contribution in [2.45, 2.75) is 38.4 Å². The number of hydrogen-bond donors (Lipinski definition) is 1. The van der Waals surface area contributed by atoms with Crippen molar-refractivity contribution < 1.29 is 14.4 Å². The number of benzene rings is 1. The Kier molecular flexibility index (Phi) is 4.46. The Balaban J connectivity index is 1.30. The Labute approximate surface area is 178 Å². The average molecular weight is 418 g/mol. The molecule has 1 saturated heterocycles. The maximum atomic E-state index is 13.2. The SMILES string of the molecule is C[C@@]12CCC(=O)N1c1ccccc1C(=O)N2CCC(=O)NCc1nnc2ccccn12. The van der Waals surface area contributed by atoms with E-state index in [9.17, 15) is 14.4 Å². The van der Waals surface area contributed by atoms with Gasteiger partial charge in [0.15, 0.2) is 11.5 Å². The summed E-state index contributed by atoms with van der Waals surface area (Å²) in [7, 11) is 0. The molecule has 2 aromatic heterocycles. The third kappa shape index (κ3) is 3.04. The van der Waals surface area contributed by atoms with Gasteiger partial charge in [-0.3, -0.25) is 23.7 Å². The molecule has 1 atom stereocenters. The first kappa shape index (κ1) is 19.2. The highest BCUT2D eigenvalue weighted by atomic mass is 16.2. The molecule has 0 unspecified atom stereocenters. The highest BCUT2D eigenvalue weighted by Crippen LogP contribution is 2.43. The summed E-state index contributed by atoms with van der Waals surface area (Å²) in [6, 6.07) is 12.7. The molecule has 3 amide bonds.